The maximum Gasteiger partial charge on any atom is 0.262 e. The van der Waals surface area contributed by atoms with Crippen molar-refractivity contribution in [3.8, 4) is 5.75 Å². The largest absolute Gasteiger partial charge is 0.483 e. The minimum atomic E-state index is -0.536. The van der Waals surface area contributed by atoms with Gasteiger partial charge in [-0.15, -0.1) is 0 Å². The van der Waals surface area contributed by atoms with Gasteiger partial charge in [-0.3, -0.25) is 14.6 Å². The maximum atomic E-state index is 13.6. The zero-order chi connectivity index (χ0) is 19.8. The van der Waals surface area contributed by atoms with Gasteiger partial charge in [0.1, 0.15) is 11.6 Å². The highest BCUT2D eigenvalue weighted by atomic mass is 19.1. The van der Waals surface area contributed by atoms with Gasteiger partial charge in [-0.05, 0) is 35.9 Å². The molecular weight excluding hydrogens is 361 g/mol. The van der Waals surface area contributed by atoms with Gasteiger partial charge in [0.05, 0.1) is 11.3 Å². The van der Waals surface area contributed by atoms with E-state index in [1.165, 1.54) is 18.2 Å². The molecule has 3 aromatic rings. The average Bonchev–Trinajstić information content (AvgIpc) is 2.73. The summed E-state index contributed by atoms with van der Waals surface area (Å²) in [6, 6.07) is 16.1. The van der Waals surface area contributed by atoms with Gasteiger partial charge in [0.2, 0.25) is 0 Å². The van der Waals surface area contributed by atoms with Crippen LogP contribution in [0.2, 0.25) is 0 Å². The van der Waals surface area contributed by atoms with Gasteiger partial charge in [0.25, 0.3) is 11.8 Å². The summed E-state index contributed by atoms with van der Waals surface area (Å²) in [6.45, 7) is -0.0456. The number of hydrogen-bond donors (Lipinski definition) is 2. The normalized spacial score (nSPS) is 10.2. The molecule has 0 bridgehead atoms. The fourth-order valence-corrected chi connectivity index (χ4v) is 2.45. The van der Waals surface area contributed by atoms with Crippen LogP contribution in [0.4, 0.5) is 10.1 Å². The van der Waals surface area contributed by atoms with Crippen molar-refractivity contribution in [1.29, 1.82) is 0 Å². The number of carbonyl (C=O) groups is 2. The van der Waals surface area contributed by atoms with E-state index >= 15 is 0 Å². The molecule has 0 saturated carbocycles. The number of pyridine rings is 1. The van der Waals surface area contributed by atoms with Crippen LogP contribution in [-0.2, 0) is 11.3 Å². The number of nitrogens with zero attached hydrogens (tertiary/aromatic N) is 1. The number of amides is 2. The van der Waals surface area contributed by atoms with Crippen LogP contribution in [-0.4, -0.2) is 23.4 Å². The van der Waals surface area contributed by atoms with E-state index in [-0.39, 0.29) is 24.0 Å². The fourth-order valence-electron chi connectivity index (χ4n) is 2.45. The number of hydrogen-bond acceptors (Lipinski definition) is 4. The zero-order valence-electron chi connectivity index (χ0n) is 14.9. The summed E-state index contributed by atoms with van der Waals surface area (Å²) in [5.74, 6) is -1.15. The lowest BCUT2D eigenvalue weighted by Gasteiger charge is -2.12. The summed E-state index contributed by atoms with van der Waals surface area (Å²) in [5.41, 5.74) is 1.22. The van der Waals surface area contributed by atoms with Crippen molar-refractivity contribution >= 4 is 17.5 Å². The number of carbonyl (C=O) groups excluding carboxylic acids is 2. The third-order valence-electron chi connectivity index (χ3n) is 3.81. The van der Waals surface area contributed by atoms with Gasteiger partial charge in [0.15, 0.2) is 6.61 Å². The Hall–Kier alpha value is -3.74. The third kappa shape index (κ3) is 5.14. The van der Waals surface area contributed by atoms with Crippen LogP contribution in [0.15, 0.2) is 73.1 Å². The van der Waals surface area contributed by atoms with Crippen molar-refractivity contribution < 1.29 is 18.7 Å². The maximum absolute atomic E-state index is 13.6. The fraction of sp³-hybridized carbons (Fsp3) is 0.0952. The van der Waals surface area contributed by atoms with Gasteiger partial charge in [-0.25, -0.2) is 4.39 Å². The number of aromatic nitrogens is 1. The molecule has 0 saturated heterocycles. The molecule has 1 heterocycles. The second kappa shape index (κ2) is 9.27. The highest BCUT2D eigenvalue weighted by Crippen LogP contribution is 2.18. The highest BCUT2D eigenvalue weighted by Gasteiger charge is 2.14. The Morgan fingerprint density at radius 1 is 1.00 bits per heavy atom. The molecule has 2 amide bonds. The molecule has 6 nitrogen and oxygen atoms in total. The van der Waals surface area contributed by atoms with Gasteiger partial charge >= 0.3 is 0 Å². The standard InChI is InChI=1S/C21H18FN3O3/c22-17-8-2-3-9-18(17)25-20(26)14-28-19-10-4-1-7-16(19)21(27)24-13-15-6-5-11-23-12-15/h1-12H,13-14H2,(H,24,27)(H,25,26). The summed E-state index contributed by atoms with van der Waals surface area (Å²) < 4.78 is 19.1. The SMILES string of the molecule is O=C(COc1ccccc1C(=O)NCc1cccnc1)Nc1ccccc1F. The lowest BCUT2D eigenvalue weighted by molar-refractivity contribution is -0.118. The van der Waals surface area contributed by atoms with E-state index in [2.05, 4.69) is 15.6 Å². The molecule has 0 radical (unpaired) electrons. The van der Waals surface area contributed by atoms with E-state index in [4.69, 9.17) is 4.74 Å². The van der Waals surface area contributed by atoms with Crippen LogP contribution in [0.25, 0.3) is 0 Å². The molecular formula is C21H18FN3O3. The predicted molar refractivity (Wildman–Crippen MR) is 102 cm³/mol. The van der Waals surface area contributed by atoms with Gasteiger partial charge < -0.3 is 15.4 Å². The number of halogens is 1. The number of benzene rings is 2. The van der Waals surface area contributed by atoms with Crippen LogP contribution in [0.1, 0.15) is 15.9 Å². The van der Waals surface area contributed by atoms with Crippen LogP contribution in [0, 0.1) is 5.82 Å². The molecule has 0 aliphatic heterocycles. The van der Waals surface area contributed by atoms with E-state index in [1.807, 2.05) is 6.07 Å². The minimum Gasteiger partial charge on any atom is -0.483 e. The number of para-hydroxylation sites is 2. The lowest BCUT2D eigenvalue weighted by atomic mass is 10.2. The van der Waals surface area contributed by atoms with E-state index in [1.54, 1.807) is 48.8 Å². The minimum absolute atomic E-state index is 0.0681. The van der Waals surface area contributed by atoms with Crippen molar-refractivity contribution in [2.45, 2.75) is 6.54 Å². The van der Waals surface area contributed by atoms with Crippen molar-refractivity contribution in [1.82, 2.24) is 10.3 Å². The average molecular weight is 379 g/mol. The van der Waals surface area contributed by atoms with Crippen molar-refractivity contribution in [3.05, 3.63) is 90.0 Å². The first-order chi connectivity index (χ1) is 13.6. The Morgan fingerprint density at radius 3 is 2.57 bits per heavy atom. The monoisotopic (exact) mass is 379 g/mol. The summed E-state index contributed by atoms with van der Waals surface area (Å²) >= 11 is 0. The lowest BCUT2D eigenvalue weighted by Crippen LogP contribution is -2.25. The summed E-state index contributed by atoms with van der Waals surface area (Å²) in [7, 11) is 0. The Balaban J connectivity index is 1.59. The first-order valence-electron chi connectivity index (χ1n) is 8.57. The Kier molecular flexibility index (Phi) is 6.30. The number of rotatable bonds is 7. The molecule has 0 unspecified atom stereocenters. The van der Waals surface area contributed by atoms with E-state index in [0.717, 1.165) is 5.56 Å². The molecule has 142 valence electrons. The molecule has 0 atom stereocenters. The molecule has 7 heteroatoms. The van der Waals surface area contributed by atoms with Crippen LogP contribution in [0.3, 0.4) is 0 Å². The van der Waals surface area contributed by atoms with Gasteiger partial charge in [-0.1, -0.05) is 30.3 Å². The Labute approximate surface area is 161 Å². The highest BCUT2D eigenvalue weighted by molar-refractivity contribution is 5.97. The van der Waals surface area contributed by atoms with Crippen molar-refractivity contribution in [2.75, 3.05) is 11.9 Å². The quantitative estimate of drug-likeness (QED) is 0.661. The third-order valence-corrected chi connectivity index (χ3v) is 3.81. The molecule has 0 aliphatic carbocycles. The molecule has 3 rings (SSSR count). The smallest absolute Gasteiger partial charge is 0.262 e. The summed E-state index contributed by atoms with van der Waals surface area (Å²) in [5, 5.41) is 5.21. The second-order valence-electron chi connectivity index (χ2n) is 5.86. The van der Waals surface area contributed by atoms with E-state index < -0.39 is 11.7 Å². The number of ether oxygens (including phenoxy) is 1. The van der Waals surface area contributed by atoms with Crippen LogP contribution in [0.5, 0.6) is 5.75 Å². The molecule has 28 heavy (non-hydrogen) atoms. The van der Waals surface area contributed by atoms with Gasteiger partial charge in [0, 0.05) is 18.9 Å². The first-order valence-corrected chi connectivity index (χ1v) is 8.57. The molecule has 1 aromatic heterocycles. The van der Waals surface area contributed by atoms with Gasteiger partial charge in [-0.2, -0.15) is 0 Å². The first kappa shape index (κ1) is 19.0. The van der Waals surface area contributed by atoms with Crippen LogP contribution < -0.4 is 15.4 Å². The number of nitrogens with one attached hydrogen (secondary N) is 2. The summed E-state index contributed by atoms with van der Waals surface area (Å²) in [6.07, 6.45) is 3.32. The Morgan fingerprint density at radius 2 is 1.79 bits per heavy atom. The topological polar surface area (TPSA) is 80.3 Å². The molecule has 2 N–H and O–H groups in total. The van der Waals surface area contributed by atoms with Crippen LogP contribution >= 0.6 is 0 Å². The van der Waals surface area contributed by atoms with Crippen molar-refractivity contribution in [3.63, 3.8) is 0 Å². The predicted octanol–water partition coefficient (Wildman–Crippen LogP) is 3.17. The van der Waals surface area contributed by atoms with E-state index in [9.17, 15) is 14.0 Å². The number of anilines is 1. The summed E-state index contributed by atoms with van der Waals surface area (Å²) in [4.78, 5) is 28.5. The van der Waals surface area contributed by atoms with Crippen molar-refractivity contribution in [2.24, 2.45) is 0 Å². The molecule has 2 aromatic carbocycles. The second-order valence-corrected chi connectivity index (χ2v) is 5.86. The van der Waals surface area contributed by atoms with E-state index in [0.29, 0.717) is 12.1 Å². The Bertz CT molecular complexity index is 964. The molecule has 0 spiro atoms. The molecule has 0 aliphatic rings. The zero-order valence-corrected chi connectivity index (χ0v) is 14.9. The molecule has 0 fully saturated rings.